The highest BCUT2D eigenvalue weighted by Crippen LogP contribution is 2.39. The molecule has 0 spiro atoms. The summed E-state index contributed by atoms with van der Waals surface area (Å²) >= 11 is 7.12. The van der Waals surface area contributed by atoms with E-state index in [2.05, 4.69) is 0 Å². The second kappa shape index (κ2) is 4.55. The fourth-order valence-corrected chi connectivity index (χ4v) is 2.67. The van der Waals surface area contributed by atoms with E-state index in [1.165, 1.54) is 11.3 Å². The number of fused-ring (bicyclic) bond motifs is 1. The minimum atomic E-state index is -0.974. The molecule has 0 saturated heterocycles. The van der Waals surface area contributed by atoms with Crippen molar-refractivity contribution in [3.05, 3.63) is 28.1 Å². The molecule has 0 unspecified atom stereocenters. The molecular weight excluding hydrogens is 260 g/mol. The number of benzene rings is 1. The summed E-state index contributed by atoms with van der Waals surface area (Å²) in [5.74, 6) is -0.562. The zero-order chi connectivity index (χ0) is 12.6. The van der Waals surface area contributed by atoms with E-state index in [1.54, 1.807) is 12.1 Å². The van der Waals surface area contributed by atoms with E-state index < -0.39 is 5.97 Å². The average Bonchev–Trinajstić information content (AvgIpc) is 2.56. The Morgan fingerprint density at radius 1 is 1.47 bits per heavy atom. The van der Waals surface area contributed by atoms with E-state index in [0.717, 1.165) is 10.1 Å². The Bertz CT molecular complexity index is 574. The molecular formula is C12H11ClO3S. The summed E-state index contributed by atoms with van der Waals surface area (Å²) in [6, 6.07) is 5.28. The van der Waals surface area contributed by atoms with Crippen molar-refractivity contribution in [3.8, 4) is 5.75 Å². The van der Waals surface area contributed by atoms with Crippen LogP contribution in [0.3, 0.4) is 0 Å². The zero-order valence-corrected chi connectivity index (χ0v) is 10.9. The second-order valence-electron chi connectivity index (χ2n) is 3.87. The maximum absolute atomic E-state index is 11.2. The highest BCUT2D eigenvalue weighted by Gasteiger charge is 2.20. The van der Waals surface area contributed by atoms with Gasteiger partial charge in [-0.2, -0.15) is 0 Å². The van der Waals surface area contributed by atoms with Gasteiger partial charge in [0.2, 0.25) is 0 Å². The zero-order valence-electron chi connectivity index (χ0n) is 9.36. The van der Waals surface area contributed by atoms with Crippen molar-refractivity contribution in [2.75, 3.05) is 0 Å². The Morgan fingerprint density at radius 3 is 2.76 bits per heavy atom. The Morgan fingerprint density at radius 2 is 2.18 bits per heavy atom. The van der Waals surface area contributed by atoms with E-state index in [4.69, 9.17) is 21.4 Å². The van der Waals surface area contributed by atoms with Crippen LogP contribution in [0.2, 0.25) is 5.02 Å². The highest BCUT2D eigenvalue weighted by molar-refractivity contribution is 7.21. The lowest BCUT2D eigenvalue weighted by Crippen LogP contribution is -2.08. The van der Waals surface area contributed by atoms with E-state index in [-0.39, 0.29) is 11.0 Å². The number of halogens is 1. The smallest absolute Gasteiger partial charge is 0.349 e. The van der Waals surface area contributed by atoms with Crippen LogP contribution < -0.4 is 4.74 Å². The summed E-state index contributed by atoms with van der Waals surface area (Å²) in [5.41, 5.74) is 0. The summed E-state index contributed by atoms with van der Waals surface area (Å²) < 4.78 is 6.45. The standard InChI is InChI=1S/C12H11ClO3S/c1-6(2)16-10-8-5-7(13)3-4-9(8)17-11(10)12(14)15/h3-6H,1-2H3,(H,14,15). The Kier molecular flexibility index (Phi) is 3.26. The molecule has 2 aromatic rings. The maximum atomic E-state index is 11.2. The number of carboxylic acid groups (broad SMARTS) is 1. The number of rotatable bonds is 3. The van der Waals surface area contributed by atoms with Crippen molar-refractivity contribution >= 4 is 39.0 Å². The second-order valence-corrected chi connectivity index (χ2v) is 5.36. The minimum Gasteiger partial charge on any atom is -0.489 e. The Hall–Kier alpha value is -1.26. The molecule has 0 fully saturated rings. The largest absolute Gasteiger partial charge is 0.489 e. The molecule has 0 amide bonds. The van der Waals surface area contributed by atoms with Crippen molar-refractivity contribution in [2.45, 2.75) is 20.0 Å². The van der Waals surface area contributed by atoms with Gasteiger partial charge in [-0.1, -0.05) is 11.6 Å². The van der Waals surface area contributed by atoms with Gasteiger partial charge in [0.1, 0.15) is 0 Å². The monoisotopic (exact) mass is 270 g/mol. The van der Waals surface area contributed by atoms with Gasteiger partial charge in [-0.3, -0.25) is 0 Å². The van der Waals surface area contributed by atoms with Gasteiger partial charge in [-0.25, -0.2) is 4.79 Å². The van der Waals surface area contributed by atoms with Crippen LogP contribution in [0.4, 0.5) is 0 Å². The van der Waals surface area contributed by atoms with Crippen molar-refractivity contribution in [1.82, 2.24) is 0 Å². The van der Waals surface area contributed by atoms with Crippen molar-refractivity contribution < 1.29 is 14.6 Å². The van der Waals surface area contributed by atoms with Crippen LogP contribution >= 0.6 is 22.9 Å². The summed E-state index contributed by atoms with van der Waals surface area (Å²) in [5, 5.41) is 10.5. The lowest BCUT2D eigenvalue weighted by atomic mass is 10.2. The lowest BCUT2D eigenvalue weighted by molar-refractivity contribution is 0.0697. The molecule has 1 aromatic carbocycles. The summed E-state index contributed by atoms with van der Waals surface area (Å²) in [6.45, 7) is 3.72. The molecule has 90 valence electrons. The molecule has 1 heterocycles. The van der Waals surface area contributed by atoms with Crippen molar-refractivity contribution in [3.63, 3.8) is 0 Å². The predicted molar refractivity (Wildman–Crippen MR) is 69.6 cm³/mol. The van der Waals surface area contributed by atoms with Gasteiger partial charge in [-0.15, -0.1) is 11.3 Å². The minimum absolute atomic E-state index is 0.0788. The number of hydrogen-bond acceptors (Lipinski definition) is 3. The average molecular weight is 271 g/mol. The van der Waals surface area contributed by atoms with Gasteiger partial charge in [0, 0.05) is 15.1 Å². The fraction of sp³-hybridized carbons (Fsp3) is 0.250. The third-order valence-corrected chi connectivity index (χ3v) is 3.53. The van der Waals surface area contributed by atoms with Gasteiger partial charge in [0.25, 0.3) is 0 Å². The van der Waals surface area contributed by atoms with E-state index in [0.29, 0.717) is 10.8 Å². The molecule has 0 saturated carbocycles. The van der Waals surface area contributed by atoms with Crippen molar-refractivity contribution in [1.29, 1.82) is 0 Å². The molecule has 2 rings (SSSR count). The fourth-order valence-electron chi connectivity index (χ4n) is 1.54. The van der Waals surface area contributed by atoms with Gasteiger partial charge in [-0.05, 0) is 32.0 Å². The van der Waals surface area contributed by atoms with Crippen molar-refractivity contribution in [2.24, 2.45) is 0 Å². The van der Waals surface area contributed by atoms with E-state index >= 15 is 0 Å². The van der Waals surface area contributed by atoms with Crippen LogP contribution in [0.5, 0.6) is 5.75 Å². The molecule has 0 bridgehead atoms. The van der Waals surface area contributed by atoms with Crippen LogP contribution in [0.25, 0.3) is 10.1 Å². The normalized spacial score (nSPS) is 11.1. The van der Waals surface area contributed by atoms with Gasteiger partial charge in [0.05, 0.1) is 6.10 Å². The first-order chi connectivity index (χ1) is 7.99. The van der Waals surface area contributed by atoms with Crippen LogP contribution in [-0.4, -0.2) is 17.2 Å². The molecule has 1 aromatic heterocycles. The molecule has 17 heavy (non-hydrogen) atoms. The Labute approximate surface area is 108 Å². The first-order valence-electron chi connectivity index (χ1n) is 5.11. The van der Waals surface area contributed by atoms with Crippen LogP contribution in [0, 0.1) is 0 Å². The number of aromatic carboxylic acids is 1. The molecule has 1 N–H and O–H groups in total. The first-order valence-corrected chi connectivity index (χ1v) is 6.30. The molecule has 5 heteroatoms. The van der Waals surface area contributed by atoms with Crippen LogP contribution in [-0.2, 0) is 0 Å². The van der Waals surface area contributed by atoms with Crippen LogP contribution in [0.1, 0.15) is 23.5 Å². The van der Waals surface area contributed by atoms with E-state index in [9.17, 15) is 4.79 Å². The topological polar surface area (TPSA) is 46.5 Å². The summed E-state index contributed by atoms with van der Waals surface area (Å²) in [6.07, 6.45) is -0.0788. The molecule has 0 radical (unpaired) electrons. The Balaban J connectivity index is 2.68. The quantitative estimate of drug-likeness (QED) is 0.915. The third kappa shape index (κ3) is 2.37. The highest BCUT2D eigenvalue weighted by atomic mass is 35.5. The predicted octanol–water partition coefficient (Wildman–Crippen LogP) is 4.04. The molecule has 0 aliphatic heterocycles. The lowest BCUT2D eigenvalue weighted by Gasteiger charge is -2.09. The number of carbonyl (C=O) groups is 1. The summed E-state index contributed by atoms with van der Waals surface area (Å²) in [4.78, 5) is 11.4. The number of carboxylic acids is 1. The molecule has 0 aliphatic carbocycles. The van der Waals surface area contributed by atoms with Crippen LogP contribution in [0.15, 0.2) is 18.2 Å². The molecule has 0 aliphatic rings. The summed E-state index contributed by atoms with van der Waals surface area (Å²) in [7, 11) is 0. The number of thiophene rings is 1. The number of hydrogen-bond donors (Lipinski definition) is 1. The molecule has 3 nitrogen and oxygen atoms in total. The van der Waals surface area contributed by atoms with Gasteiger partial charge in [0.15, 0.2) is 10.6 Å². The molecule has 0 atom stereocenters. The first kappa shape index (κ1) is 12.2. The maximum Gasteiger partial charge on any atom is 0.349 e. The SMILES string of the molecule is CC(C)Oc1c(C(=O)O)sc2ccc(Cl)cc12. The van der Waals surface area contributed by atoms with E-state index in [1.807, 2.05) is 19.9 Å². The number of ether oxygens (including phenoxy) is 1. The third-order valence-electron chi connectivity index (χ3n) is 2.15. The van der Waals surface area contributed by atoms with Gasteiger partial charge < -0.3 is 9.84 Å². The van der Waals surface area contributed by atoms with Gasteiger partial charge >= 0.3 is 5.97 Å².